The van der Waals surface area contributed by atoms with Crippen molar-refractivity contribution in [1.29, 1.82) is 0 Å². The molecular formula is C36H39N5O8. The molecule has 4 aromatic rings. The largest absolute Gasteiger partial charge is 0.469 e. The molecule has 3 unspecified atom stereocenters. The van der Waals surface area contributed by atoms with Gasteiger partial charge in [-0.2, -0.15) is 0 Å². The van der Waals surface area contributed by atoms with Gasteiger partial charge in [-0.25, -0.2) is 14.8 Å². The van der Waals surface area contributed by atoms with Gasteiger partial charge in [-0.15, -0.1) is 0 Å². The molecule has 0 radical (unpaired) electrons. The number of aryl methyl sites for hydroxylation is 1. The lowest BCUT2D eigenvalue weighted by atomic mass is 9.72. The zero-order valence-corrected chi connectivity index (χ0v) is 28.3. The number of carbonyl (C=O) groups excluding carboxylic acids is 3. The Labute approximate surface area is 282 Å². The minimum Gasteiger partial charge on any atom is -0.469 e. The monoisotopic (exact) mass is 669 g/mol. The van der Waals surface area contributed by atoms with Crippen molar-refractivity contribution in [3.63, 3.8) is 0 Å². The molecule has 13 heteroatoms. The summed E-state index contributed by atoms with van der Waals surface area (Å²) < 4.78 is 24.4. The minimum absolute atomic E-state index is 0.0000110. The lowest BCUT2D eigenvalue weighted by Crippen LogP contribution is -2.53. The van der Waals surface area contributed by atoms with E-state index in [4.69, 9.17) is 23.3 Å². The van der Waals surface area contributed by atoms with Crippen molar-refractivity contribution in [2.45, 2.75) is 77.8 Å². The number of nitrogens with one attached hydrogen (secondary N) is 3. The van der Waals surface area contributed by atoms with Crippen LogP contribution in [0.4, 0.5) is 5.69 Å². The number of methoxy groups -OCH3 is 1. The van der Waals surface area contributed by atoms with Crippen molar-refractivity contribution >= 4 is 23.5 Å². The molecule has 256 valence electrons. The zero-order chi connectivity index (χ0) is 35.0. The van der Waals surface area contributed by atoms with Crippen LogP contribution in [0.3, 0.4) is 0 Å². The molecule has 2 amide bonds. The minimum atomic E-state index is -1.35. The summed E-state index contributed by atoms with van der Waals surface area (Å²) >= 11 is 0. The van der Waals surface area contributed by atoms with Crippen molar-refractivity contribution < 1.29 is 37.8 Å². The number of oxazole rings is 2. The summed E-state index contributed by atoms with van der Waals surface area (Å²) in [6, 6.07) is 11.6. The first-order valence-corrected chi connectivity index (χ1v) is 16.3. The van der Waals surface area contributed by atoms with Crippen LogP contribution < -0.4 is 20.7 Å². The second kappa shape index (κ2) is 11.5. The van der Waals surface area contributed by atoms with Gasteiger partial charge in [0.1, 0.15) is 35.1 Å². The Bertz CT molecular complexity index is 1990. The average molecular weight is 670 g/mol. The van der Waals surface area contributed by atoms with Gasteiger partial charge in [0.15, 0.2) is 23.4 Å². The van der Waals surface area contributed by atoms with Gasteiger partial charge in [0, 0.05) is 17.7 Å². The number of amides is 2. The van der Waals surface area contributed by atoms with Crippen molar-refractivity contribution in [2.24, 2.45) is 11.3 Å². The number of aliphatic hydroxyl groups is 1. The van der Waals surface area contributed by atoms with Gasteiger partial charge in [-0.05, 0) is 41.5 Å². The van der Waals surface area contributed by atoms with Crippen LogP contribution in [0.25, 0.3) is 11.6 Å². The highest BCUT2D eigenvalue weighted by atomic mass is 16.5. The van der Waals surface area contributed by atoms with Crippen molar-refractivity contribution in [2.75, 3.05) is 12.4 Å². The number of carbonyl (C=O) groups is 3. The molecule has 13 nitrogen and oxygen atoms in total. The fourth-order valence-corrected chi connectivity index (χ4v) is 6.88. The first kappa shape index (κ1) is 32.4. The number of esters is 1. The van der Waals surface area contributed by atoms with E-state index in [1.165, 1.54) is 7.11 Å². The Morgan fingerprint density at radius 3 is 2.55 bits per heavy atom. The molecule has 2 aromatic carbocycles. The molecule has 0 fully saturated rings. The fourth-order valence-electron chi connectivity index (χ4n) is 6.88. The summed E-state index contributed by atoms with van der Waals surface area (Å²) in [6.45, 7) is 10.7. The van der Waals surface area contributed by atoms with E-state index in [-0.39, 0.29) is 41.3 Å². The fraction of sp³-hybridized carbons (Fsp3) is 0.417. The maximum Gasteiger partial charge on any atom is 0.360 e. The SMILES string of the molecule is COC(=O)c1nc(-c2nc3oc2C24c5ccccc5NC2Oc2ccc(cc24)CC(NC(=O)[C@@H](O)C(C)(C)C)C(=O)N[C@H]3C(C)C)oc1C. The number of fused-ring (bicyclic) bond motifs is 4. The van der Waals surface area contributed by atoms with Crippen molar-refractivity contribution in [3.8, 4) is 17.3 Å². The third-order valence-electron chi connectivity index (χ3n) is 9.50. The van der Waals surface area contributed by atoms with Gasteiger partial charge in [0.2, 0.25) is 23.6 Å². The lowest BCUT2D eigenvalue weighted by molar-refractivity contribution is -0.138. The highest BCUT2D eigenvalue weighted by Crippen LogP contribution is 2.59. The van der Waals surface area contributed by atoms with Crippen LogP contribution in [-0.4, -0.2) is 58.3 Å². The summed E-state index contributed by atoms with van der Waals surface area (Å²) in [5.74, 6) is -0.629. The number of aliphatic hydroxyl groups excluding tert-OH is 1. The van der Waals surface area contributed by atoms with E-state index >= 15 is 0 Å². The molecule has 3 aliphatic rings. The predicted octanol–water partition coefficient (Wildman–Crippen LogP) is 4.16. The molecule has 7 rings (SSSR count). The maximum atomic E-state index is 14.1. The third-order valence-corrected chi connectivity index (χ3v) is 9.50. The maximum absolute atomic E-state index is 14.1. The standard InChI is InChI=1S/C36H39N5O8/c1-16(2)24-31-41-26(32-40-25(17(3)47-32)33(45)46-7)28(49-31)36-19-10-8-9-11-21(19)38-34(36)48-23-13-12-18(14-20(23)36)15-22(29(43)39-24)37-30(44)27(42)35(4,5)6/h8-14,16,22,24,27,34,38,42H,15H2,1-7H3,(H,37,44)(H,39,43)/t22?,24-,27+,34?,36?/m0/s1. The van der Waals surface area contributed by atoms with Crippen LogP contribution in [-0.2, 0) is 26.2 Å². The van der Waals surface area contributed by atoms with E-state index < -0.39 is 53.0 Å². The Morgan fingerprint density at radius 1 is 1.08 bits per heavy atom. The quantitative estimate of drug-likeness (QED) is 0.224. The average Bonchev–Trinajstić information content (AvgIpc) is 3.81. The number of anilines is 1. The molecule has 0 saturated heterocycles. The smallest absolute Gasteiger partial charge is 0.360 e. The highest BCUT2D eigenvalue weighted by molar-refractivity contribution is 5.90. The molecule has 2 aromatic heterocycles. The molecule has 5 atom stereocenters. The van der Waals surface area contributed by atoms with E-state index in [9.17, 15) is 19.5 Å². The van der Waals surface area contributed by atoms with Crippen LogP contribution in [0, 0.1) is 18.3 Å². The first-order valence-electron chi connectivity index (χ1n) is 16.3. The molecule has 1 spiro atoms. The third kappa shape index (κ3) is 5.06. The van der Waals surface area contributed by atoms with Crippen LogP contribution in [0.2, 0.25) is 0 Å². The summed E-state index contributed by atoms with van der Waals surface area (Å²) in [7, 11) is 1.27. The normalized spacial score (nSPS) is 22.9. The molecule has 0 aliphatic carbocycles. The van der Waals surface area contributed by atoms with Gasteiger partial charge < -0.3 is 39.4 Å². The molecular weight excluding hydrogens is 630 g/mol. The Balaban J connectivity index is 1.48. The lowest BCUT2D eigenvalue weighted by Gasteiger charge is -2.30. The van der Waals surface area contributed by atoms with E-state index in [1.54, 1.807) is 27.7 Å². The predicted molar refractivity (Wildman–Crippen MR) is 176 cm³/mol. The Kier molecular flexibility index (Phi) is 7.58. The van der Waals surface area contributed by atoms with Gasteiger partial charge in [0.05, 0.1) is 7.11 Å². The molecule has 0 saturated carbocycles. The summed E-state index contributed by atoms with van der Waals surface area (Å²) in [6.07, 6.45) is -1.89. The number of nitrogens with zero attached hydrogens (tertiary/aromatic N) is 2. The number of rotatable bonds is 5. The second-order valence-electron chi connectivity index (χ2n) is 14.2. The number of hydrogen-bond acceptors (Lipinski definition) is 11. The van der Waals surface area contributed by atoms with Crippen LogP contribution in [0.5, 0.6) is 5.75 Å². The zero-order valence-electron chi connectivity index (χ0n) is 28.3. The molecule has 4 bridgehead atoms. The van der Waals surface area contributed by atoms with E-state index in [0.717, 1.165) is 22.4 Å². The van der Waals surface area contributed by atoms with Gasteiger partial charge in [0.25, 0.3) is 0 Å². The highest BCUT2D eigenvalue weighted by Gasteiger charge is 2.61. The van der Waals surface area contributed by atoms with Crippen LogP contribution >= 0.6 is 0 Å². The number of ether oxygens (including phenoxy) is 2. The summed E-state index contributed by atoms with van der Waals surface area (Å²) in [5.41, 5.74) is 1.54. The van der Waals surface area contributed by atoms with E-state index in [2.05, 4.69) is 20.9 Å². The number of benzene rings is 2. The van der Waals surface area contributed by atoms with E-state index in [1.807, 2.05) is 56.3 Å². The Hall–Kier alpha value is -5.17. The Morgan fingerprint density at radius 2 is 1.84 bits per heavy atom. The summed E-state index contributed by atoms with van der Waals surface area (Å²) in [5, 5.41) is 20.1. The molecule has 3 aliphatic heterocycles. The van der Waals surface area contributed by atoms with Crippen LogP contribution in [0.15, 0.2) is 51.3 Å². The van der Waals surface area contributed by atoms with E-state index in [0.29, 0.717) is 11.5 Å². The number of para-hydroxylation sites is 1. The summed E-state index contributed by atoms with van der Waals surface area (Å²) in [4.78, 5) is 49.4. The number of aromatic nitrogens is 2. The molecule has 4 N–H and O–H groups in total. The second-order valence-corrected chi connectivity index (χ2v) is 14.2. The van der Waals surface area contributed by atoms with Gasteiger partial charge >= 0.3 is 5.97 Å². The topological polar surface area (TPSA) is 178 Å². The van der Waals surface area contributed by atoms with Crippen molar-refractivity contribution in [3.05, 3.63) is 82.3 Å². The van der Waals surface area contributed by atoms with Gasteiger partial charge in [-0.1, -0.05) is 65.0 Å². The first-order chi connectivity index (χ1) is 23.2. The number of hydrogen-bond donors (Lipinski definition) is 4. The molecule has 49 heavy (non-hydrogen) atoms. The molecule has 5 heterocycles. The van der Waals surface area contributed by atoms with Gasteiger partial charge in [-0.3, -0.25) is 9.59 Å². The van der Waals surface area contributed by atoms with Crippen molar-refractivity contribution in [1.82, 2.24) is 20.6 Å². The van der Waals surface area contributed by atoms with Crippen LogP contribution in [0.1, 0.15) is 85.3 Å².